The number of fused-ring (bicyclic) bond motifs is 2. The van der Waals surface area contributed by atoms with E-state index in [0.717, 1.165) is 0 Å². The van der Waals surface area contributed by atoms with Gasteiger partial charge in [-0.2, -0.15) is 15.8 Å². The standard InChI is InChI=1S/C18H15N5O2/c1-24-10-2-3-11-14(4-10)25-15-5-13(22)12(8-21)18(23)17(15)16(11)9(6-19)7-20/h2-5,9,15-17H,22-23H2,1H3. The highest BCUT2D eigenvalue weighted by Gasteiger charge is 2.46. The molecule has 0 amide bonds. The lowest BCUT2D eigenvalue weighted by Crippen LogP contribution is -2.43. The predicted octanol–water partition coefficient (Wildman–Crippen LogP) is 1.41. The van der Waals surface area contributed by atoms with Gasteiger partial charge in [0.2, 0.25) is 0 Å². The smallest absolute Gasteiger partial charge is 0.141 e. The third-order valence-electron chi connectivity index (χ3n) is 4.61. The van der Waals surface area contributed by atoms with Gasteiger partial charge in [-0.1, -0.05) is 6.07 Å². The number of methoxy groups -OCH3 is 1. The Morgan fingerprint density at radius 2 is 1.92 bits per heavy atom. The molecule has 1 aliphatic heterocycles. The molecule has 7 heteroatoms. The lowest BCUT2D eigenvalue weighted by Gasteiger charge is -2.41. The van der Waals surface area contributed by atoms with Crippen LogP contribution < -0.4 is 20.9 Å². The van der Waals surface area contributed by atoms with Crippen molar-refractivity contribution in [2.45, 2.75) is 12.0 Å². The molecule has 0 radical (unpaired) electrons. The summed E-state index contributed by atoms with van der Waals surface area (Å²) in [4.78, 5) is 0. The summed E-state index contributed by atoms with van der Waals surface area (Å²) < 4.78 is 11.2. The Labute approximate surface area is 145 Å². The van der Waals surface area contributed by atoms with Gasteiger partial charge in [0.15, 0.2) is 0 Å². The van der Waals surface area contributed by atoms with Crippen LogP contribution in [0, 0.1) is 45.8 Å². The summed E-state index contributed by atoms with van der Waals surface area (Å²) >= 11 is 0. The van der Waals surface area contributed by atoms with E-state index in [9.17, 15) is 15.8 Å². The van der Waals surface area contributed by atoms with E-state index in [1.807, 2.05) is 18.2 Å². The molecule has 0 fully saturated rings. The van der Waals surface area contributed by atoms with Crippen molar-refractivity contribution in [3.63, 3.8) is 0 Å². The first kappa shape index (κ1) is 16.2. The van der Waals surface area contributed by atoms with Crippen molar-refractivity contribution in [1.29, 1.82) is 15.8 Å². The first-order valence-corrected chi connectivity index (χ1v) is 7.57. The van der Waals surface area contributed by atoms with Crippen LogP contribution in [0.15, 0.2) is 41.2 Å². The summed E-state index contributed by atoms with van der Waals surface area (Å²) in [7, 11) is 1.54. The Bertz CT molecular complexity index is 899. The van der Waals surface area contributed by atoms with Crippen molar-refractivity contribution in [2.24, 2.45) is 23.3 Å². The van der Waals surface area contributed by atoms with Gasteiger partial charge < -0.3 is 20.9 Å². The number of nitriles is 3. The van der Waals surface area contributed by atoms with Crippen LogP contribution in [-0.4, -0.2) is 13.2 Å². The number of rotatable bonds is 2. The number of hydrogen-bond donors (Lipinski definition) is 2. The van der Waals surface area contributed by atoms with E-state index < -0.39 is 23.9 Å². The highest BCUT2D eigenvalue weighted by molar-refractivity contribution is 5.54. The van der Waals surface area contributed by atoms with Crippen LogP contribution in [-0.2, 0) is 0 Å². The predicted molar refractivity (Wildman–Crippen MR) is 87.5 cm³/mol. The summed E-state index contributed by atoms with van der Waals surface area (Å²) in [6.45, 7) is 0. The van der Waals surface area contributed by atoms with Gasteiger partial charge in [0.1, 0.15) is 29.6 Å². The molecular weight excluding hydrogens is 318 g/mol. The SMILES string of the molecule is COc1ccc2c(c1)OC1C=C(N)C(C#N)=C(N)C1C2C(C#N)C#N. The molecule has 3 atom stereocenters. The van der Waals surface area contributed by atoms with Crippen LogP contribution in [0.4, 0.5) is 0 Å². The maximum Gasteiger partial charge on any atom is 0.141 e. The fraction of sp³-hybridized carbons (Fsp3) is 0.278. The maximum absolute atomic E-state index is 9.46. The fourth-order valence-electron chi connectivity index (χ4n) is 3.44. The van der Waals surface area contributed by atoms with Crippen LogP contribution in [0.1, 0.15) is 11.5 Å². The van der Waals surface area contributed by atoms with Crippen molar-refractivity contribution < 1.29 is 9.47 Å². The van der Waals surface area contributed by atoms with Gasteiger partial charge in [0, 0.05) is 29.2 Å². The summed E-state index contributed by atoms with van der Waals surface area (Å²) in [5.41, 5.74) is 13.4. The molecule has 0 saturated carbocycles. The molecule has 0 aromatic heterocycles. The van der Waals surface area contributed by atoms with Crippen molar-refractivity contribution in [2.75, 3.05) is 7.11 Å². The van der Waals surface area contributed by atoms with Crippen LogP contribution in [0.25, 0.3) is 0 Å². The van der Waals surface area contributed by atoms with Crippen LogP contribution >= 0.6 is 0 Å². The molecule has 0 saturated heterocycles. The average Bonchev–Trinajstić information content (AvgIpc) is 2.61. The van der Waals surface area contributed by atoms with Crippen LogP contribution in [0.3, 0.4) is 0 Å². The van der Waals surface area contributed by atoms with E-state index in [1.54, 1.807) is 24.3 Å². The van der Waals surface area contributed by atoms with Crippen LogP contribution in [0.5, 0.6) is 11.5 Å². The molecule has 0 bridgehead atoms. The second kappa shape index (κ2) is 6.11. The zero-order valence-corrected chi connectivity index (χ0v) is 13.4. The van der Waals surface area contributed by atoms with Gasteiger partial charge >= 0.3 is 0 Å². The number of allylic oxidation sites excluding steroid dienone is 1. The third kappa shape index (κ3) is 2.41. The minimum atomic E-state index is -0.949. The number of hydrogen-bond acceptors (Lipinski definition) is 7. The lowest BCUT2D eigenvalue weighted by molar-refractivity contribution is 0.139. The van der Waals surface area contributed by atoms with Gasteiger partial charge in [0.05, 0.1) is 30.5 Å². The highest BCUT2D eigenvalue weighted by atomic mass is 16.5. The zero-order chi connectivity index (χ0) is 18.1. The molecule has 3 unspecified atom stereocenters. The molecule has 4 N–H and O–H groups in total. The minimum Gasteiger partial charge on any atom is -0.497 e. The van der Waals surface area contributed by atoms with Crippen molar-refractivity contribution in [3.05, 3.63) is 46.8 Å². The second-order valence-corrected chi connectivity index (χ2v) is 5.84. The summed E-state index contributed by atoms with van der Waals surface area (Å²) in [6.07, 6.45) is 1.05. The maximum atomic E-state index is 9.46. The molecule has 7 nitrogen and oxygen atoms in total. The Balaban J connectivity index is 2.23. The molecule has 3 rings (SSSR count). The Morgan fingerprint density at radius 3 is 2.52 bits per heavy atom. The second-order valence-electron chi connectivity index (χ2n) is 5.84. The van der Waals surface area contributed by atoms with Gasteiger partial charge in [0.25, 0.3) is 0 Å². The molecule has 1 aliphatic carbocycles. The molecule has 0 spiro atoms. The molecule has 25 heavy (non-hydrogen) atoms. The van der Waals surface area contributed by atoms with Gasteiger partial charge in [-0.25, -0.2) is 0 Å². The zero-order valence-electron chi connectivity index (χ0n) is 13.4. The normalized spacial score (nSPS) is 24.0. The first-order chi connectivity index (χ1) is 12.0. The van der Waals surface area contributed by atoms with Gasteiger partial charge in [-0.3, -0.25) is 0 Å². The van der Waals surface area contributed by atoms with Gasteiger partial charge in [-0.15, -0.1) is 0 Å². The molecule has 124 valence electrons. The van der Waals surface area contributed by atoms with E-state index in [0.29, 0.717) is 17.1 Å². The Kier molecular flexibility index (Phi) is 3.97. The van der Waals surface area contributed by atoms with Crippen molar-refractivity contribution in [3.8, 4) is 29.7 Å². The summed E-state index contributed by atoms with van der Waals surface area (Å²) in [5.74, 6) is -0.905. The van der Waals surface area contributed by atoms with Gasteiger partial charge in [-0.05, 0) is 12.1 Å². The molecule has 1 heterocycles. The molecular formula is C18H15N5O2. The Morgan fingerprint density at radius 1 is 1.20 bits per heavy atom. The topological polar surface area (TPSA) is 142 Å². The monoisotopic (exact) mass is 333 g/mol. The number of nitrogens with two attached hydrogens (primary N) is 2. The third-order valence-corrected chi connectivity index (χ3v) is 4.61. The summed E-state index contributed by atoms with van der Waals surface area (Å²) in [6, 6.07) is 11.2. The quantitative estimate of drug-likeness (QED) is 0.833. The summed E-state index contributed by atoms with van der Waals surface area (Å²) in [5, 5.41) is 28.2. The van der Waals surface area contributed by atoms with E-state index in [2.05, 4.69) is 0 Å². The van der Waals surface area contributed by atoms with E-state index in [4.69, 9.17) is 20.9 Å². The Hall–Kier alpha value is -3.63. The first-order valence-electron chi connectivity index (χ1n) is 7.57. The number of nitrogens with zero attached hydrogens (tertiary/aromatic N) is 3. The highest BCUT2D eigenvalue weighted by Crippen LogP contribution is 2.49. The molecule has 1 aromatic rings. The molecule has 1 aromatic carbocycles. The number of benzene rings is 1. The van der Waals surface area contributed by atoms with E-state index in [-0.39, 0.29) is 17.0 Å². The molecule has 2 aliphatic rings. The van der Waals surface area contributed by atoms with Crippen LogP contribution in [0.2, 0.25) is 0 Å². The van der Waals surface area contributed by atoms with E-state index in [1.165, 1.54) is 7.11 Å². The largest absolute Gasteiger partial charge is 0.497 e. The number of ether oxygens (including phenoxy) is 2. The van der Waals surface area contributed by atoms with Crippen molar-refractivity contribution in [1.82, 2.24) is 0 Å². The average molecular weight is 333 g/mol. The van der Waals surface area contributed by atoms with E-state index >= 15 is 0 Å². The fourth-order valence-corrected chi connectivity index (χ4v) is 3.44. The van der Waals surface area contributed by atoms with Crippen molar-refractivity contribution >= 4 is 0 Å². The lowest BCUT2D eigenvalue weighted by atomic mass is 9.69. The minimum absolute atomic E-state index is 0.168.